The van der Waals surface area contributed by atoms with Crippen molar-refractivity contribution < 1.29 is 67.3 Å². The van der Waals surface area contributed by atoms with Gasteiger partial charge in [-0.2, -0.15) is 4.98 Å². The van der Waals surface area contributed by atoms with E-state index in [0.29, 0.717) is 0 Å². The third kappa shape index (κ3) is 7.08. The molecule has 3 aromatic rings. The van der Waals surface area contributed by atoms with E-state index in [1.165, 1.54) is 23.3 Å². The zero-order chi connectivity index (χ0) is 29.6. The Morgan fingerprint density at radius 1 is 1.12 bits per heavy atom. The van der Waals surface area contributed by atoms with E-state index in [1.54, 1.807) is 41.5 Å². The van der Waals surface area contributed by atoms with Gasteiger partial charge in [0.2, 0.25) is 13.7 Å². The van der Waals surface area contributed by atoms with E-state index < -0.39 is 67.2 Å². The number of nitrogens with two attached hydrogens (primary N) is 1. The number of hydrogen-bond donors (Lipinski definition) is 2. The van der Waals surface area contributed by atoms with Crippen molar-refractivity contribution >= 4 is 36.8 Å². The number of imidazole rings is 2. The van der Waals surface area contributed by atoms with Gasteiger partial charge in [-0.15, -0.1) is 0 Å². The minimum absolute atomic E-state index is 0. The number of nitrogens with one attached hydrogen (secondary N) is 1. The summed E-state index contributed by atoms with van der Waals surface area (Å²) < 4.78 is 37.7. The van der Waals surface area contributed by atoms with Gasteiger partial charge >= 0.3 is 41.5 Å². The first-order valence-electron chi connectivity index (χ1n) is 12.2. The van der Waals surface area contributed by atoms with Crippen molar-refractivity contribution in [3.05, 3.63) is 35.4 Å². The van der Waals surface area contributed by atoms with Crippen LogP contribution in [0.15, 0.2) is 29.8 Å². The average molecular weight is 604 g/mol. The molecule has 3 aromatic heterocycles. The maximum Gasteiger partial charge on any atom is 1.00 e. The number of ether oxygens (including phenoxy) is 3. The Morgan fingerprint density at radius 3 is 2.29 bits per heavy atom. The third-order valence-electron chi connectivity index (χ3n) is 5.90. The molecule has 0 radical (unpaired) electrons. The number of nitrogens with zero attached hydrogens (tertiary/aromatic N) is 5. The van der Waals surface area contributed by atoms with Gasteiger partial charge in [0.05, 0.1) is 23.8 Å². The molecule has 1 unspecified atom stereocenters. The van der Waals surface area contributed by atoms with Gasteiger partial charge in [-0.05, 0) is 41.5 Å². The number of carbonyl (C=O) groups excluding carboxylic acids is 2. The molecule has 18 heteroatoms. The molecule has 4 heterocycles. The van der Waals surface area contributed by atoms with E-state index in [1.807, 2.05) is 0 Å². The number of nitrogen functional groups attached to an aromatic ring is 1. The number of anilines is 1. The van der Waals surface area contributed by atoms with Gasteiger partial charge in [-0.25, -0.2) is 9.97 Å². The quantitative estimate of drug-likeness (QED) is 0.166. The molecule has 0 aromatic carbocycles. The molecule has 41 heavy (non-hydrogen) atoms. The number of aromatic nitrogens is 6. The third-order valence-corrected chi connectivity index (χ3v) is 7.17. The Bertz CT molecular complexity index is 1510. The minimum atomic E-state index is -4.67. The molecule has 1 aliphatic heterocycles. The Balaban J connectivity index is 0.00000462. The fourth-order valence-corrected chi connectivity index (χ4v) is 4.57. The predicted octanol–water partition coefficient (Wildman–Crippen LogP) is -2.25. The molecule has 1 fully saturated rings. The van der Waals surface area contributed by atoms with Gasteiger partial charge in [-0.3, -0.25) is 32.8 Å². The predicted molar refractivity (Wildman–Crippen MR) is 136 cm³/mol. The molecule has 0 amide bonds. The molecule has 0 aliphatic carbocycles. The summed E-state index contributed by atoms with van der Waals surface area (Å²) in [5.41, 5.74) is 3.09. The monoisotopic (exact) mass is 603 g/mol. The minimum Gasteiger partial charge on any atom is -0.761 e. The van der Waals surface area contributed by atoms with Gasteiger partial charge in [-0.1, -0.05) is 0 Å². The van der Waals surface area contributed by atoms with Gasteiger partial charge in [0.1, 0.15) is 12.4 Å². The summed E-state index contributed by atoms with van der Waals surface area (Å²) in [6.07, 6.45) is -0.466. The van der Waals surface area contributed by atoms with Gasteiger partial charge < -0.3 is 29.4 Å². The maximum absolute atomic E-state index is 13.0. The van der Waals surface area contributed by atoms with Crippen molar-refractivity contribution in [3.8, 4) is 0 Å². The molecule has 0 saturated carbocycles. The first-order valence-corrected chi connectivity index (χ1v) is 13.7. The molecule has 3 N–H and O–H groups in total. The first-order chi connectivity index (χ1) is 18.5. The van der Waals surface area contributed by atoms with Crippen LogP contribution in [0.5, 0.6) is 0 Å². The van der Waals surface area contributed by atoms with Crippen molar-refractivity contribution in [3.63, 3.8) is 0 Å². The van der Waals surface area contributed by atoms with E-state index in [9.17, 15) is 23.8 Å². The summed E-state index contributed by atoms with van der Waals surface area (Å²) in [7, 11) is -4.67. The number of H-pyrrole nitrogens is 1. The van der Waals surface area contributed by atoms with Crippen molar-refractivity contribution in [2.45, 2.75) is 66.1 Å². The van der Waals surface area contributed by atoms with Crippen LogP contribution in [0.2, 0.25) is 0 Å². The number of aromatic amines is 1. The summed E-state index contributed by atoms with van der Waals surface area (Å²) in [6, 6.07) is 0. The molecule has 0 bridgehead atoms. The Kier molecular flexibility index (Phi) is 9.60. The number of fused-ring (bicyclic) bond motifs is 1. The van der Waals surface area contributed by atoms with Crippen LogP contribution in [-0.4, -0.2) is 65.7 Å². The van der Waals surface area contributed by atoms with Crippen molar-refractivity contribution in [2.24, 2.45) is 10.8 Å². The van der Waals surface area contributed by atoms with Crippen LogP contribution in [-0.2, 0) is 32.9 Å². The fraction of sp³-hybridized carbons (Fsp3) is 0.565. The van der Waals surface area contributed by atoms with E-state index in [-0.39, 0.29) is 46.7 Å². The van der Waals surface area contributed by atoms with Crippen LogP contribution >= 0.6 is 7.75 Å². The van der Waals surface area contributed by atoms with Crippen LogP contribution < -0.4 is 45.7 Å². The number of carbonyl (C=O) groups is 2. The van der Waals surface area contributed by atoms with E-state index in [0.717, 1.165) is 10.7 Å². The molecular weight excluding hydrogens is 572 g/mol. The molecule has 218 valence electrons. The summed E-state index contributed by atoms with van der Waals surface area (Å²) in [5.74, 6) is -1.53. The summed E-state index contributed by atoms with van der Waals surface area (Å²) in [6.45, 7) is 9.13. The molecule has 0 spiro atoms. The first kappa shape index (κ1) is 32.9. The van der Waals surface area contributed by atoms with Crippen LogP contribution in [0.3, 0.4) is 0 Å². The Morgan fingerprint density at radius 2 is 1.73 bits per heavy atom. The van der Waals surface area contributed by atoms with E-state index >= 15 is 0 Å². The van der Waals surface area contributed by atoms with Gasteiger partial charge in [0.25, 0.3) is 5.56 Å². The van der Waals surface area contributed by atoms with E-state index in [2.05, 4.69) is 19.9 Å². The van der Waals surface area contributed by atoms with Crippen LogP contribution in [0.25, 0.3) is 11.2 Å². The van der Waals surface area contributed by atoms with Crippen LogP contribution in [0.1, 0.15) is 47.8 Å². The number of hydrogen-bond acceptors (Lipinski definition) is 13. The van der Waals surface area contributed by atoms with Crippen molar-refractivity contribution in [2.75, 3.05) is 12.3 Å². The SMILES string of the molecule is CC(C)(C)C(=O)O[C@@H]1[C@H](OC(=O)C(C)(C)C)[C@@H](COP(=O)([O-])n2ccnc2)O[C@H]1n1cnc2c(=O)[nH]c(N)nc21.[Na+]. The Hall–Kier alpha value is -2.59. The van der Waals surface area contributed by atoms with Crippen LogP contribution in [0, 0.1) is 10.8 Å². The largest absolute Gasteiger partial charge is 1.00 e. The van der Waals surface area contributed by atoms with Crippen LogP contribution in [0.4, 0.5) is 5.95 Å². The topological polar surface area (TPSA) is 219 Å². The zero-order valence-corrected chi connectivity index (χ0v) is 26.7. The fourth-order valence-electron chi connectivity index (χ4n) is 3.70. The second-order valence-corrected chi connectivity index (χ2v) is 12.9. The smallest absolute Gasteiger partial charge is 0.761 e. The molecule has 4 rings (SSSR count). The zero-order valence-electron chi connectivity index (χ0n) is 23.8. The molecule has 1 saturated heterocycles. The normalized spacial score (nSPS) is 22.6. The number of esters is 2. The molecule has 16 nitrogen and oxygen atoms in total. The average Bonchev–Trinajstić information content (AvgIpc) is 3.57. The summed E-state index contributed by atoms with van der Waals surface area (Å²) in [5, 5.41) is 0. The van der Waals surface area contributed by atoms with E-state index in [4.69, 9.17) is 24.5 Å². The molecular formula is C23H31N7NaO9P. The van der Waals surface area contributed by atoms with Crippen molar-refractivity contribution in [1.29, 1.82) is 0 Å². The standard InChI is InChI=1S/C23H32N7O9P.Na/c1-22(2,3)19(32)38-14-12(9-36-40(34,35)29-8-7-25-10-29)37-18(15(14)39-20(33)23(4,5)6)30-11-26-13-16(30)27-21(24)28-17(13)31;/h7-8,10-12,14-15,18H,9H2,1-6H3,(H,34,35)(H3,24,27,28,31);/q;+1/p-1/t12-,14-,15-,18-;/m1./s1. The number of rotatable bonds is 7. The van der Waals surface area contributed by atoms with Crippen molar-refractivity contribution in [1.82, 2.24) is 28.8 Å². The Labute approximate surface area is 256 Å². The molecule has 5 atom stereocenters. The second kappa shape index (κ2) is 12.0. The maximum atomic E-state index is 13.0. The second-order valence-electron chi connectivity index (χ2n) is 11.3. The summed E-state index contributed by atoms with van der Waals surface area (Å²) >= 11 is 0. The molecule has 1 aliphatic rings. The van der Waals surface area contributed by atoms with Gasteiger partial charge in [0.15, 0.2) is 29.6 Å². The van der Waals surface area contributed by atoms with Gasteiger partial charge in [0, 0.05) is 12.4 Å². The summed E-state index contributed by atoms with van der Waals surface area (Å²) in [4.78, 5) is 65.4.